The molecule has 23 heavy (non-hydrogen) atoms. The number of anilines is 3. The smallest absolute Gasteiger partial charge is 0.257 e. The van der Waals surface area contributed by atoms with Crippen LogP contribution in [0, 0.1) is 0 Å². The van der Waals surface area contributed by atoms with E-state index in [9.17, 15) is 19.5 Å². The first kappa shape index (κ1) is 16.5. The minimum absolute atomic E-state index is 0.00380. The van der Waals surface area contributed by atoms with Crippen LogP contribution < -0.4 is 27.0 Å². The van der Waals surface area contributed by atoms with Gasteiger partial charge in [0, 0.05) is 20.6 Å². The second-order valence-corrected chi connectivity index (χ2v) is 5.19. The minimum Gasteiger partial charge on any atom is -0.505 e. The third-order valence-electron chi connectivity index (χ3n) is 3.45. The van der Waals surface area contributed by atoms with E-state index < -0.39 is 10.9 Å². The van der Waals surface area contributed by atoms with Crippen LogP contribution in [0.25, 0.3) is 0 Å². The van der Waals surface area contributed by atoms with Gasteiger partial charge in [0.05, 0.1) is 11.3 Å². The lowest BCUT2D eigenvalue weighted by molar-refractivity contribution is 0.0825. The molecule has 0 fully saturated rings. The average Bonchev–Trinajstić information content (AvgIpc) is 2.54. The van der Waals surface area contributed by atoms with Crippen LogP contribution in [0.4, 0.5) is 17.1 Å². The third-order valence-corrected chi connectivity index (χ3v) is 3.45. The molecule has 2 rings (SSSR count). The van der Waals surface area contributed by atoms with E-state index in [1.165, 1.54) is 17.0 Å². The highest BCUT2D eigenvalue weighted by Gasteiger charge is 2.25. The largest absolute Gasteiger partial charge is 0.505 e. The number of benzene rings is 1. The van der Waals surface area contributed by atoms with Crippen molar-refractivity contribution in [1.29, 1.82) is 0 Å². The zero-order valence-electron chi connectivity index (χ0n) is 13.1. The molecule has 4 N–H and O–H groups in total. The van der Waals surface area contributed by atoms with Crippen molar-refractivity contribution in [1.82, 2.24) is 4.90 Å². The summed E-state index contributed by atoms with van der Waals surface area (Å²) in [4.78, 5) is 36.7. The lowest BCUT2D eigenvalue weighted by Crippen LogP contribution is -2.45. The fourth-order valence-corrected chi connectivity index (χ4v) is 2.12. The molecule has 2 aromatic carbocycles. The summed E-state index contributed by atoms with van der Waals surface area (Å²) in [7, 11) is 3.12. The van der Waals surface area contributed by atoms with Crippen molar-refractivity contribution in [3.63, 3.8) is 0 Å². The second-order valence-electron chi connectivity index (χ2n) is 5.19. The summed E-state index contributed by atoms with van der Waals surface area (Å²) in [6, 6.07) is 4.52. The monoisotopic (exact) mass is 318 g/mol. The summed E-state index contributed by atoms with van der Waals surface area (Å²) in [5.41, 5.74) is -1.11. The van der Waals surface area contributed by atoms with Gasteiger partial charge >= 0.3 is 0 Å². The number of hydrogen-bond acceptors (Lipinski definition) is 7. The summed E-state index contributed by atoms with van der Waals surface area (Å²) in [6.07, 6.45) is 0. The number of hydrogen-bond donors (Lipinski definition) is 3. The number of nitrogens with two attached hydrogens (primary N) is 1. The van der Waals surface area contributed by atoms with E-state index in [1.807, 2.05) is 0 Å². The van der Waals surface area contributed by atoms with Gasteiger partial charge in [-0.15, -0.1) is 0 Å². The number of phenols is 1. The van der Waals surface area contributed by atoms with E-state index >= 15 is 0 Å². The molecule has 0 aliphatic heterocycles. The maximum absolute atomic E-state index is 12.0. The number of carbonyl (C=O) groups excluding carboxylic acids is 1. The fraction of sp³-hybridized carbons (Fsp3) is 0.267. The Labute approximate surface area is 132 Å². The molecule has 0 heterocycles. The van der Waals surface area contributed by atoms with E-state index in [2.05, 4.69) is 5.32 Å². The maximum Gasteiger partial charge on any atom is 0.257 e. The van der Waals surface area contributed by atoms with E-state index in [0.717, 1.165) is 5.01 Å². The molecule has 0 atom stereocenters. The molecule has 0 spiro atoms. The third kappa shape index (κ3) is 2.76. The van der Waals surface area contributed by atoms with Gasteiger partial charge in [-0.25, -0.2) is 5.84 Å². The summed E-state index contributed by atoms with van der Waals surface area (Å²) < 4.78 is 0. The SMILES string of the molecule is CCN(N)c1c(Nc2cccc(C(=O)N(C)C)c2O)c(=O)c1=O. The van der Waals surface area contributed by atoms with Crippen molar-refractivity contribution in [3.05, 3.63) is 44.2 Å². The first-order chi connectivity index (χ1) is 10.8. The molecule has 0 aromatic heterocycles. The quantitative estimate of drug-likeness (QED) is 0.311. The van der Waals surface area contributed by atoms with Crippen molar-refractivity contribution in [2.75, 3.05) is 31.0 Å². The molecule has 122 valence electrons. The number of rotatable bonds is 5. The Kier molecular flexibility index (Phi) is 4.37. The van der Waals surface area contributed by atoms with E-state index in [4.69, 9.17) is 5.84 Å². The normalized spacial score (nSPS) is 10.6. The van der Waals surface area contributed by atoms with Gasteiger partial charge in [-0.2, -0.15) is 0 Å². The van der Waals surface area contributed by atoms with Crippen LogP contribution in [0.3, 0.4) is 0 Å². The number of carbonyl (C=O) groups is 1. The van der Waals surface area contributed by atoms with Crippen LogP contribution in [0.15, 0.2) is 27.8 Å². The van der Waals surface area contributed by atoms with Crippen molar-refractivity contribution in [3.8, 4) is 5.75 Å². The Morgan fingerprint density at radius 3 is 2.48 bits per heavy atom. The Bertz CT molecular complexity index is 821. The zero-order valence-corrected chi connectivity index (χ0v) is 13.1. The highest BCUT2D eigenvalue weighted by Crippen LogP contribution is 2.32. The van der Waals surface area contributed by atoms with Crippen LogP contribution in [-0.4, -0.2) is 36.6 Å². The topological polar surface area (TPSA) is 116 Å². The van der Waals surface area contributed by atoms with Crippen LogP contribution in [0.5, 0.6) is 5.75 Å². The summed E-state index contributed by atoms with van der Waals surface area (Å²) in [6.45, 7) is 2.07. The Balaban J connectivity index is 2.42. The van der Waals surface area contributed by atoms with Gasteiger partial charge < -0.3 is 20.3 Å². The van der Waals surface area contributed by atoms with Gasteiger partial charge in [0.15, 0.2) is 5.75 Å². The van der Waals surface area contributed by atoms with Gasteiger partial charge in [-0.05, 0) is 19.1 Å². The predicted molar refractivity (Wildman–Crippen MR) is 88.0 cm³/mol. The molecule has 0 aliphatic carbocycles. The highest BCUT2D eigenvalue weighted by molar-refractivity contribution is 5.99. The first-order valence-corrected chi connectivity index (χ1v) is 6.95. The van der Waals surface area contributed by atoms with Gasteiger partial charge in [0.1, 0.15) is 11.4 Å². The zero-order chi connectivity index (χ0) is 17.3. The van der Waals surface area contributed by atoms with E-state index in [1.54, 1.807) is 27.1 Å². The number of amides is 1. The summed E-state index contributed by atoms with van der Waals surface area (Å²) >= 11 is 0. The number of phenolic OH excluding ortho intramolecular Hbond substituents is 1. The molecule has 8 heteroatoms. The molecule has 0 unspecified atom stereocenters. The average molecular weight is 318 g/mol. The number of para-hydroxylation sites is 1. The van der Waals surface area contributed by atoms with Crippen LogP contribution in [0.2, 0.25) is 0 Å². The molecule has 0 aliphatic rings. The Morgan fingerprint density at radius 2 is 1.91 bits per heavy atom. The number of hydrazine groups is 1. The number of nitrogens with one attached hydrogen (secondary N) is 1. The van der Waals surface area contributed by atoms with Gasteiger partial charge in [-0.3, -0.25) is 14.4 Å². The molecule has 8 nitrogen and oxygen atoms in total. The van der Waals surface area contributed by atoms with Crippen LogP contribution in [0.1, 0.15) is 17.3 Å². The molecule has 2 aromatic rings. The van der Waals surface area contributed by atoms with Crippen LogP contribution in [-0.2, 0) is 0 Å². The minimum atomic E-state index is -0.715. The standard InChI is InChI=1S/C15H18N4O4/c1-4-19(16)11-10(13(21)14(11)22)17-9-7-5-6-8(12(9)20)15(23)18(2)3/h5-7,17,20H,4,16H2,1-3H3. The lowest BCUT2D eigenvalue weighted by Gasteiger charge is -2.22. The maximum atomic E-state index is 12.0. The Morgan fingerprint density at radius 1 is 1.26 bits per heavy atom. The van der Waals surface area contributed by atoms with Crippen molar-refractivity contribution < 1.29 is 9.90 Å². The first-order valence-electron chi connectivity index (χ1n) is 6.95. The molecule has 0 radical (unpaired) electrons. The number of aromatic hydroxyl groups is 1. The highest BCUT2D eigenvalue weighted by atomic mass is 16.3. The van der Waals surface area contributed by atoms with Gasteiger partial charge in [0.25, 0.3) is 16.8 Å². The van der Waals surface area contributed by atoms with Crippen LogP contribution >= 0.6 is 0 Å². The summed E-state index contributed by atoms with van der Waals surface area (Å²) in [5.74, 6) is 4.99. The van der Waals surface area contributed by atoms with Gasteiger partial charge in [0.2, 0.25) is 0 Å². The van der Waals surface area contributed by atoms with Crippen molar-refractivity contribution in [2.45, 2.75) is 6.92 Å². The number of nitrogens with zero attached hydrogens (tertiary/aromatic N) is 2. The fourth-order valence-electron chi connectivity index (χ4n) is 2.12. The molecular weight excluding hydrogens is 300 g/mol. The van der Waals surface area contributed by atoms with E-state index in [-0.39, 0.29) is 34.3 Å². The second kappa shape index (κ2) is 6.09. The summed E-state index contributed by atoms with van der Waals surface area (Å²) in [5, 5.41) is 14.1. The molecule has 1 amide bonds. The van der Waals surface area contributed by atoms with E-state index in [0.29, 0.717) is 6.54 Å². The molecule has 0 saturated carbocycles. The molecular formula is C15H18N4O4. The molecule has 0 saturated heterocycles. The van der Waals surface area contributed by atoms with Crippen molar-refractivity contribution >= 4 is 23.0 Å². The van der Waals surface area contributed by atoms with Gasteiger partial charge in [-0.1, -0.05) is 6.07 Å². The molecule has 0 bridgehead atoms. The Hall–Kier alpha value is -2.87. The lowest BCUT2D eigenvalue weighted by atomic mass is 10.1. The predicted octanol–water partition coefficient (Wildman–Crippen LogP) is 0.134. The van der Waals surface area contributed by atoms with Crippen molar-refractivity contribution in [2.24, 2.45) is 5.84 Å².